The zero-order chi connectivity index (χ0) is 24.8. The number of amides is 2. The van der Waals surface area contributed by atoms with Gasteiger partial charge in [-0.25, -0.2) is 0 Å². The standard InChI is InChI=1S/C29H28N4O3/c1-31-23-12-6-5-11-22(23)29(35)32-16-15-21-20-10-4-7-13-24(20)33(27(21)28(31)32)18-26(34)30-17-19-9-3-8-14-25(19)36-2/h3-14,28H,15-18H2,1-2H3,(H,30,34). The second kappa shape index (κ2) is 8.75. The number of rotatable bonds is 5. The molecule has 3 heterocycles. The number of nitrogens with zero attached hydrogens (tertiary/aromatic N) is 3. The van der Waals surface area contributed by atoms with Gasteiger partial charge in [-0.05, 0) is 36.2 Å². The molecule has 4 aromatic rings. The summed E-state index contributed by atoms with van der Waals surface area (Å²) in [7, 11) is 3.66. The molecule has 0 bridgehead atoms. The maximum Gasteiger partial charge on any atom is 0.257 e. The minimum absolute atomic E-state index is 0.0387. The number of aromatic nitrogens is 1. The molecule has 1 N–H and O–H groups in total. The van der Waals surface area contributed by atoms with Gasteiger partial charge < -0.3 is 24.4 Å². The zero-order valence-electron chi connectivity index (χ0n) is 20.4. The number of hydrogen-bond donors (Lipinski definition) is 1. The van der Waals surface area contributed by atoms with E-state index in [-0.39, 0.29) is 24.5 Å². The van der Waals surface area contributed by atoms with Crippen molar-refractivity contribution in [3.05, 3.63) is 95.2 Å². The number of benzene rings is 3. The summed E-state index contributed by atoms with van der Waals surface area (Å²) in [5, 5.41) is 4.20. The van der Waals surface area contributed by atoms with E-state index in [2.05, 4.69) is 26.9 Å². The lowest BCUT2D eigenvalue weighted by atomic mass is 9.96. The Kier molecular flexibility index (Phi) is 5.40. The van der Waals surface area contributed by atoms with Crippen molar-refractivity contribution >= 4 is 28.4 Å². The molecule has 1 unspecified atom stereocenters. The highest BCUT2D eigenvalue weighted by atomic mass is 16.5. The summed E-state index contributed by atoms with van der Waals surface area (Å²) < 4.78 is 7.52. The number of carbonyl (C=O) groups is 2. The van der Waals surface area contributed by atoms with E-state index < -0.39 is 0 Å². The van der Waals surface area contributed by atoms with Crippen molar-refractivity contribution in [2.75, 3.05) is 25.6 Å². The predicted molar refractivity (Wildman–Crippen MR) is 139 cm³/mol. The normalized spacial score (nSPS) is 16.4. The fourth-order valence-electron chi connectivity index (χ4n) is 5.72. The molecule has 0 aliphatic carbocycles. The van der Waals surface area contributed by atoms with Gasteiger partial charge in [-0.1, -0.05) is 48.5 Å². The number of carbonyl (C=O) groups excluding carboxylic acids is 2. The minimum Gasteiger partial charge on any atom is -0.496 e. The molecular formula is C29H28N4O3. The van der Waals surface area contributed by atoms with Gasteiger partial charge in [-0.2, -0.15) is 0 Å². The highest BCUT2D eigenvalue weighted by molar-refractivity contribution is 6.02. The number of anilines is 1. The topological polar surface area (TPSA) is 66.8 Å². The summed E-state index contributed by atoms with van der Waals surface area (Å²) in [6, 6.07) is 23.6. The molecule has 6 rings (SSSR count). The number of methoxy groups -OCH3 is 1. The van der Waals surface area contributed by atoms with Crippen LogP contribution in [0.25, 0.3) is 10.9 Å². The third kappa shape index (κ3) is 3.42. The van der Waals surface area contributed by atoms with Crippen molar-refractivity contribution in [1.29, 1.82) is 0 Å². The Bertz CT molecular complexity index is 1490. The Morgan fingerprint density at radius 2 is 1.78 bits per heavy atom. The van der Waals surface area contributed by atoms with Crippen LogP contribution in [0.3, 0.4) is 0 Å². The Labute approximate surface area is 209 Å². The average molecular weight is 481 g/mol. The van der Waals surface area contributed by atoms with E-state index in [1.807, 2.05) is 72.6 Å². The first-order valence-electron chi connectivity index (χ1n) is 12.2. The van der Waals surface area contributed by atoms with Gasteiger partial charge in [-0.3, -0.25) is 9.59 Å². The van der Waals surface area contributed by atoms with Crippen LogP contribution in [0, 0.1) is 0 Å². The van der Waals surface area contributed by atoms with E-state index in [1.165, 1.54) is 5.56 Å². The number of ether oxygens (including phenoxy) is 1. The summed E-state index contributed by atoms with van der Waals surface area (Å²) in [6.07, 6.45) is 0.481. The van der Waals surface area contributed by atoms with Crippen molar-refractivity contribution in [2.24, 2.45) is 0 Å². The first-order chi connectivity index (χ1) is 17.6. The van der Waals surface area contributed by atoms with Gasteiger partial charge in [0.05, 0.1) is 24.1 Å². The van der Waals surface area contributed by atoms with Gasteiger partial charge in [0.25, 0.3) is 5.91 Å². The minimum atomic E-state index is -0.273. The zero-order valence-corrected chi connectivity index (χ0v) is 20.4. The molecule has 1 aromatic heterocycles. The summed E-state index contributed by atoms with van der Waals surface area (Å²) >= 11 is 0. The lowest BCUT2D eigenvalue weighted by molar-refractivity contribution is -0.121. The van der Waals surface area contributed by atoms with Crippen LogP contribution in [0.2, 0.25) is 0 Å². The predicted octanol–water partition coefficient (Wildman–Crippen LogP) is 4.11. The van der Waals surface area contributed by atoms with Crippen LogP contribution in [-0.2, 0) is 24.3 Å². The van der Waals surface area contributed by atoms with Crippen LogP contribution >= 0.6 is 0 Å². The lowest BCUT2D eigenvalue weighted by Gasteiger charge is -2.46. The summed E-state index contributed by atoms with van der Waals surface area (Å²) in [5.74, 6) is 0.696. The molecule has 2 amide bonds. The molecule has 0 saturated carbocycles. The van der Waals surface area contributed by atoms with Gasteiger partial charge in [-0.15, -0.1) is 0 Å². The van der Waals surface area contributed by atoms with Gasteiger partial charge in [0.15, 0.2) is 0 Å². The molecule has 1 atom stereocenters. The number of fused-ring (bicyclic) bond motifs is 6. The first-order valence-corrected chi connectivity index (χ1v) is 12.2. The molecule has 0 spiro atoms. The molecule has 0 radical (unpaired) electrons. The number of para-hydroxylation sites is 3. The van der Waals surface area contributed by atoms with Crippen LogP contribution in [-0.4, -0.2) is 42.0 Å². The fourth-order valence-corrected chi connectivity index (χ4v) is 5.72. The second-order valence-corrected chi connectivity index (χ2v) is 9.31. The van der Waals surface area contributed by atoms with Crippen LogP contribution in [0.4, 0.5) is 5.69 Å². The second-order valence-electron chi connectivity index (χ2n) is 9.31. The molecule has 0 saturated heterocycles. The monoisotopic (exact) mass is 480 g/mol. The van der Waals surface area contributed by atoms with Gasteiger partial charge in [0, 0.05) is 36.6 Å². The van der Waals surface area contributed by atoms with Gasteiger partial charge in [0.1, 0.15) is 18.5 Å². The summed E-state index contributed by atoms with van der Waals surface area (Å²) in [5.41, 5.74) is 5.79. The molecular weight excluding hydrogens is 452 g/mol. The van der Waals surface area contributed by atoms with Crippen molar-refractivity contribution < 1.29 is 14.3 Å². The fraction of sp³-hybridized carbons (Fsp3) is 0.241. The van der Waals surface area contributed by atoms with E-state index in [1.54, 1.807) is 7.11 Å². The van der Waals surface area contributed by atoms with Crippen LogP contribution in [0.5, 0.6) is 5.75 Å². The molecule has 0 fully saturated rings. The molecule has 3 aromatic carbocycles. The van der Waals surface area contributed by atoms with E-state index in [9.17, 15) is 9.59 Å². The van der Waals surface area contributed by atoms with Crippen molar-refractivity contribution in [2.45, 2.75) is 25.7 Å². The number of hydrogen-bond acceptors (Lipinski definition) is 4. The highest BCUT2D eigenvalue weighted by Gasteiger charge is 2.42. The van der Waals surface area contributed by atoms with E-state index in [0.29, 0.717) is 13.1 Å². The van der Waals surface area contributed by atoms with E-state index in [0.717, 1.165) is 45.6 Å². The molecule has 7 heteroatoms. The van der Waals surface area contributed by atoms with Crippen molar-refractivity contribution in [3.63, 3.8) is 0 Å². The maximum atomic E-state index is 13.5. The maximum absolute atomic E-state index is 13.5. The van der Waals surface area contributed by atoms with Crippen molar-refractivity contribution in [3.8, 4) is 5.75 Å². The van der Waals surface area contributed by atoms with E-state index >= 15 is 0 Å². The molecule has 2 aliphatic heterocycles. The lowest BCUT2D eigenvalue weighted by Crippen LogP contribution is -2.51. The summed E-state index contributed by atoms with van der Waals surface area (Å²) in [6.45, 7) is 1.19. The van der Waals surface area contributed by atoms with Crippen LogP contribution in [0.1, 0.15) is 33.3 Å². The van der Waals surface area contributed by atoms with Crippen molar-refractivity contribution in [1.82, 2.24) is 14.8 Å². The third-order valence-electron chi connectivity index (χ3n) is 7.37. The van der Waals surface area contributed by atoms with Gasteiger partial charge in [0.2, 0.25) is 5.91 Å². The van der Waals surface area contributed by atoms with Crippen LogP contribution in [0.15, 0.2) is 72.8 Å². The third-order valence-corrected chi connectivity index (χ3v) is 7.37. The Morgan fingerprint density at radius 1 is 1.03 bits per heavy atom. The van der Waals surface area contributed by atoms with Crippen LogP contribution < -0.4 is 15.0 Å². The smallest absolute Gasteiger partial charge is 0.257 e. The molecule has 7 nitrogen and oxygen atoms in total. The summed E-state index contributed by atoms with van der Waals surface area (Å²) in [4.78, 5) is 30.8. The Hall–Kier alpha value is -4.26. The van der Waals surface area contributed by atoms with Gasteiger partial charge >= 0.3 is 0 Å². The number of nitrogens with one attached hydrogen (secondary N) is 1. The van der Waals surface area contributed by atoms with E-state index in [4.69, 9.17) is 4.74 Å². The Morgan fingerprint density at radius 3 is 2.64 bits per heavy atom. The first kappa shape index (κ1) is 22.2. The largest absolute Gasteiger partial charge is 0.496 e. The molecule has 2 aliphatic rings. The SMILES string of the molecule is COc1ccccc1CNC(=O)Cn1c2c(c3ccccc31)CCN1C(=O)c3ccccc3N(C)C21. The average Bonchev–Trinajstić information content (AvgIpc) is 3.23. The highest BCUT2D eigenvalue weighted by Crippen LogP contribution is 2.44. The molecule has 182 valence electrons. The molecule has 36 heavy (non-hydrogen) atoms. The Balaban J connectivity index is 1.38. The quantitative estimate of drug-likeness (QED) is 0.467.